The molecule has 1 atom stereocenters. The molecule has 0 bridgehead atoms. The van der Waals surface area contributed by atoms with E-state index in [1.807, 2.05) is 36.2 Å². The average molecular weight is 362 g/mol. The second-order valence-electron chi connectivity index (χ2n) is 6.08. The van der Waals surface area contributed by atoms with Crippen molar-refractivity contribution in [3.63, 3.8) is 0 Å². The molecule has 0 radical (unpaired) electrons. The Morgan fingerprint density at radius 3 is 2.84 bits per heavy atom. The van der Waals surface area contributed by atoms with Gasteiger partial charge in [0.25, 0.3) is 0 Å². The number of nitrogens with zero attached hydrogens (tertiary/aromatic N) is 3. The highest BCUT2D eigenvalue weighted by Crippen LogP contribution is 2.22. The van der Waals surface area contributed by atoms with Gasteiger partial charge in [-0.15, -0.1) is 0 Å². The van der Waals surface area contributed by atoms with Gasteiger partial charge in [-0.1, -0.05) is 18.2 Å². The minimum Gasteiger partial charge on any atom is -0.496 e. The van der Waals surface area contributed by atoms with Crippen molar-refractivity contribution in [2.45, 2.75) is 19.0 Å². The fourth-order valence-electron chi connectivity index (χ4n) is 2.90. The summed E-state index contributed by atoms with van der Waals surface area (Å²) in [6.07, 6.45) is 2.29. The SMILES string of the molecule is COc1ccccc1CNc1ccnc(N(C)C2CCS(=O)(=O)C2)n1. The van der Waals surface area contributed by atoms with Crippen LogP contribution in [-0.2, 0) is 16.4 Å². The van der Waals surface area contributed by atoms with Crippen LogP contribution in [0.3, 0.4) is 0 Å². The van der Waals surface area contributed by atoms with Gasteiger partial charge in [0.2, 0.25) is 5.95 Å². The molecule has 1 aromatic heterocycles. The zero-order valence-electron chi connectivity index (χ0n) is 14.3. The Hall–Kier alpha value is -2.35. The third-order valence-electron chi connectivity index (χ3n) is 4.37. The molecule has 1 fully saturated rings. The fraction of sp³-hybridized carbons (Fsp3) is 0.412. The van der Waals surface area contributed by atoms with Gasteiger partial charge in [0, 0.05) is 31.4 Å². The molecule has 7 nitrogen and oxygen atoms in total. The lowest BCUT2D eigenvalue weighted by Gasteiger charge is -2.23. The summed E-state index contributed by atoms with van der Waals surface area (Å²) >= 11 is 0. The Balaban J connectivity index is 1.69. The van der Waals surface area contributed by atoms with E-state index >= 15 is 0 Å². The Morgan fingerprint density at radius 2 is 2.12 bits per heavy atom. The third-order valence-corrected chi connectivity index (χ3v) is 6.12. The topological polar surface area (TPSA) is 84.4 Å². The summed E-state index contributed by atoms with van der Waals surface area (Å²) < 4.78 is 28.7. The highest BCUT2D eigenvalue weighted by atomic mass is 32.2. The minimum atomic E-state index is -2.94. The average Bonchev–Trinajstić information content (AvgIpc) is 2.99. The molecule has 134 valence electrons. The second kappa shape index (κ2) is 7.26. The molecule has 25 heavy (non-hydrogen) atoms. The van der Waals surface area contributed by atoms with E-state index in [0.717, 1.165) is 11.3 Å². The maximum Gasteiger partial charge on any atom is 0.227 e. The Labute approximate surface area is 148 Å². The molecule has 1 unspecified atom stereocenters. The first-order valence-corrected chi connectivity index (χ1v) is 9.93. The summed E-state index contributed by atoms with van der Waals surface area (Å²) in [5.74, 6) is 2.41. The highest BCUT2D eigenvalue weighted by molar-refractivity contribution is 7.91. The molecule has 1 N–H and O–H groups in total. The van der Waals surface area contributed by atoms with Gasteiger partial charge in [-0.2, -0.15) is 4.98 Å². The van der Waals surface area contributed by atoms with Crippen LogP contribution in [0, 0.1) is 0 Å². The summed E-state index contributed by atoms with van der Waals surface area (Å²) in [7, 11) is 0.544. The number of sulfone groups is 1. The first-order chi connectivity index (χ1) is 12.0. The van der Waals surface area contributed by atoms with Crippen molar-refractivity contribution < 1.29 is 13.2 Å². The lowest BCUT2D eigenvalue weighted by molar-refractivity contribution is 0.410. The Kier molecular flexibility index (Phi) is 5.08. The van der Waals surface area contributed by atoms with Crippen LogP contribution in [-0.4, -0.2) is 50.1 Å². The van der Waals surface area contributed by atoms with Crippen LogP contribution in [0.2, 0.25) is 0 Å². The van der Waals surface area contributed by atoms with E-state index in [2.05, 4.69) is 15.3 Å². The number of para-hydroxylation sites is 1. The van der Waals surface area contributed by atoms with Crippen LogP contribution in [0.5, 0.6) is 5.75 Å². The number of benzene rings is 1. The van der Waals surface area contributed by atoms with Gasteiger partial charge in [0.05, 0.1) is 18.6 Å². The van der Waals surface area contributed by atoms with Crippen LogP contribution in [0.25, 0.3) is 0 Å². The lowest BCUT2D eigenvalue weighted by Crippen LogP contribution is -2.33. The molecular weight excluding hydrogens is 340 g/mol. The number of methoxy groups -OCH3 is 1. The minimum absolute atomic E-state index is 0.0746. The molecule has 0 saturated carbocycles. The smallest absolute Gasteiger partial charge is 0.227 e. The highest BCUT2D eigenvalue weighted by Gasteiger charge is 2.31. The van der Waals surface area contributed by atoms with Crippen molar-refractivity contribution >= 4 is 21.6 Å². The van der Waals surface area contributed by atoms with Gasteiger partial charge in [0.1, 0.15) is 11.6 Å². The molecule has 1 aromatic carbocycles. The Morgan fingerprint density at radius 1 is 1.32 bits per heavy atom. The number of nitrogens with one attached hydrogen (secondary N) is 1. The standard InChI is InChI=1S/C17H22N4O3S/c1-21(14-8-10-25(22,23)12-14)17-18-9-7-16(20-17)19-11-13-5-3-4-6-15(13)24-2/h3-7,9,14H,8,10-12H2,1-2H3,(H,18,19,20). The predicted octanol–water partition coefficient (Wildman–Crippen LogP) is 1.72. The summed E-state index contributed by atoms with van der Waals surface area (Å²) in [6, 6.07) is 9.50. The van der Waals surface area contributed by atoms with Crippen molar-refractivity contribution in [3.8, 4) is 5.75 Å². The molecule has 1 saturated heterocycles. The van der Waals surface area contributed by atoms with Crippen LogP contribution in [0.4, 0.5) is 11.8 Å². The van der Waals surface area contributed by atoms with Gasteiger partial charge in [0.15, 0.2) is 9.84 Å². The summed E-state index contributed by atoms with van der Waals surface area (Å²) in [6.45, 7) is 0.571. The lowest BCUT2D eigenvalue weighted by atomic mass is 10.2. The third kappa shape index (κ3) is 4.19. The summed E-state index contributed by atoms with van der Waals surface area (Å²) in [5, 5.41) is 3.26. The van der Waals surface area contributed by atoms with Crippen molar-refractivity contribution in [1.82, 2.24) is 9.97 Å². The van der Waals surface area contributed by atoms with Crippen molar-refractivity contribution in [3.05, 3.63) is 42.1 Å². The van der Waals surface area contributed by atoms with Gasteiger partial charge < -0.3 is 15.0 Å². The molecule has 1 aliphatic heterocycles. The monoisotopic (exact) mass is 362 g/mol. The van der Waals surface area contributed by atoms with E-state index in [4.69, 9.17) is 4.74 Å². The van der Waals surface area contributed by atoms with E-state index < -0.39 is 9.84 Å². The summed E-state index contributed by atoms with van der Waals surface area (Å²) in [5.41, 5.74) is 1.03. The largest absolute Gasteiger partial charge is 0.496 e. The number of anilines is 2. The predicted molar refractivity (Wildman–Crippen MR) is 97.8 cm³/mol. The van der Waals surface area contributed by atoms with Crippen LogP contribution < -0.4 is 15.0 Å². The molecule has 8 heteroatoms. The molecule has 2 aromatic rings. The van der Waals surface area contributed by atoms with E-state index in [9.17, 15) is 8.42 Å². The fourth-order valence-corrected chi connectivity index (χ4v) is 4.67. The van der Waals surface area contributed by atoms with Gasteiger partial charge >= 0.3 is 0 Å². The maximum atomic E-state index is 11.7. The first-order valence-electron chi connectivity index (χ1n) is 8.10. The van der Waals surface area contributed by atoms with E-state index in [1.165, 1.54) is 0 Å². The van der Waals surface area contributed by atoms with Crippen LogP contribution in [0.15, 0.2) is 36.5 Å². The zero-order valence-corrected chi connectivity index (χ0v) is 15.2. The molecule has 1 aliphatic rings. The van der Waals surface area contributed by atoms with E-state index in [0.29, 0.717) is 24.7 Å². The van der Waals surface area contributed by atoms with Crippen LogP contribution in [0.1, 0.15) is 12.0 Å². The summed E-state index contributed by atoms with van der Waals surface area (Å²) in [4.78, 5) is 10.6. The molecule has 3 rings (SSSR count). The molecule has 2 heterocycles. The van der Waals surface area contributed by atoms with Crippen molar-refractivity contribution in [2.75, 3.05) is 35.9 Å². The number of ether oxygens (including phenoxy) is 1. The van der Waals surface area contributed by atoms with Gasteiger partial charge in [-0.25, -0.2) is 13.4 Å². The Bertz CT molecular complexity index is 841. The quantitative estimate of drug-likeness (QED) is 0.837. The second-order valence-corrected chi connectivity index (χ2v) is 8.30. The van der Waals surface area contributed by atoms with E-state index in [1.54, 1.807) is 19.4 Å². The maximum absolute atomic E-state index is 11.7. The normalized spacial score (nSPS) is 18.7. The van der Waals surface area contributed by atoms with Crippen molar-refractivity contribution in [1.29, 1.82) is 0 Å². The first kappa shape index (κ1) is 17.5. The number of hydrogen-bond acceptors (Lipinski definition) is 7. The molecular formula is C17H22N4O3S. The van der Waals surface area contributed by atoms with Crippen molar-refractivity contribution in [2.24, 2.45) is 0 Å². The van der Waals surface area contributed by atoms with E-state index in [-0.39, 0.29) is 17.5 Å². The number of hydrogen-bond donors (Lipinski definition) is 1. The van der Waals surface area contributed by atoms with Gasteiger partial charge in [-0.05, 0) is 18.6 Å². The molecule has 0 spiro atoms. The van der Waals surface area contributed by atoms with Gasteiger partial charge in [-0.3, -0.25) is 0 Å². The molecule has 0 amide bonds. The number of rotatable bonds is 6. The number of aromatic nitrogens is 2. The zero-order chi connectivity index (χ0) is 17.9. The van der Waals surface area contributed by atoms with Crippen LogP contribution >= 0.6 is 0 Å². The molecule has 0 aliphatic carbocycles.